The summed E-state index contributed by atoms with van der Waals surface area (Å²) in [5.41, 5.74) is 5.86. The van der Waals surface area contributed by atoms with Crippen molar-refractivity contribution in [2.75, 3.05) is 43.4 Å². The molecule has 0 atom stereocenters. The van der Waals surface area contributed by atoms with Crippen molar-refractivity contribution in [3.8, 4) is 0 Å². The fourth-order valence-electron chi connectivity index (χ4n) is 1.99. The number of piperazine rings is 1. The highest BCUT2D eigenvalue weighted by Gasteiger charge is 2.20. The number of carbonyl (C=O) groups is 1. The molecule has 0 aliphatic carbocycles. The van der Waals surface area contributed by atoms with Crippen LogP contribution in [0.2, 0.25) is 0 Å². The molecular formula is C13H21N5OS. The number of anilines is 2. The molecule has 0 bridgehead atoms. The van der Waals surface area contributed by atoms with Gasteiger partial charge in [0.15, 0.2) is 5.13 Å². The predicted octanol–water partition coefficient (Wildman–Crippen LogP) is 0.831. The molecule has 1 aliphatic heterocycles. The van der Waals surface area contributed by atoms with Gasteiger partial charge in [-0.2, -0.15) is 0 Å². The zero-order chi connectivity index (χ0) is 14.4. The van der Waals surface area contributed by atoms with E-state index in [0.717, 1.165) is 37.7 Å². The van der Waals surface area contributed by atoms with Crippen LogP contribution in [0.15, 0.2) is 12.2 Å². The van der Waals surface area contributed by atoms with Gasteiger partial charge in [0.05, 0.1) is 0 Å². The fraction of sp³-hybridized carbons (Fsp3) is 0.538. The van der Waals surface area contributed by atoms with Crippen molar-refractivity contribution < 1.29 is 4.79 Å². The summed E-state index contributed by atoms with van der Waals surface area (Å²) in [7, 11) is 0. The van der Waals surface area contributed by atoms with Crippen LogP contribution in [0.1, 0.15) is 23.0 Å². The Morgan fingerprint density at radius 1 is 1.55 bits per heavy atom. The number of nitrogen functional groups attached to an aromatic ring is 1. The lowest BCUT2D eigenvalue weighted by molar-refractivity contribution is 0.0959. The zero-order valence-corrected chi connectivity index (χ0v) is 12.5. The molecule has 0 aromatic carbocycles. The second-order valence-corrected chi connectivity index (χ2v) is 5.54. The van der Waals surface area contributed by atoms with Crippen LogP contribution < -0.4 is 21.3 Å². The van der Waals surface area contributed by atoms with Crippen molar-refractivity contribution >= 4 is 28.2 Å². The number of nitrogens with one attached hydrogen (secondary N) is 2. The Bertz CT molecular complexity index is 479. The summed E-state index contributed by atoms with van der Waals surface area (Å²) in [4.78, 5) is 19.0. The Morgan fingerprint density at radius 2 is 2.30 bits per heavy atom. The third-order valence-electron chi connectivity index (χ3n) is 3.07. The van der Waals surface area contributed by atoms with Crippen LogP contribution in [0, 0.1) is 0 Å². The zero-order valence-electron chi connectivity index (χ0n) is 11.7. The maximum absolute atomic E-state index is 12.0. The summed E-state index contributed by atoms with van der Waals surface area (Å²) in [6, 6.07) is 0. The van der Waals surface area contributed by atoms with Crippen LogP contribution >= 0.6 is 11.3 Å². The average molecular weight is 295 g/mol. The molecule has 20 heavy (non-hydrogen) atoms. The van der Waals surface area contributed by atoms with Crippen molar-refractivity contribution in [2.45, 2.75) is 13.3 Å². The van der Waals surface area contributed by atoms with E-state index in [-0.39, 0.29) is 5.91 Å². The van der Waals surface area contributed by atoms with Gasteiger partial charge in [-0.1, -0.05) is 23.5 Å². The van der Waals surface area contributed by atoms with E-state index in [4.69, 9.17) is 5.73 Å². The van der Waals surface area contributed by atoms with E-state index >= 15 is 0 Å². The number of hydrogen-bond donors (Lipinski definition) is 3. The van der Waals surface area contributed by atoms with E-state index < -0.39 is 0 Å². The highest BCUT2D eigenvalue weighted by Crippen LogP contribution is 2.28. The van der Waals surface area contributed by atoms with Crippen LogP contribution in [0.4, 0.5) is 10.9 Å². The first-order valence-corrected chi connectivity index (χ1v) is 7.65. The lowest BCUT2D eigenvalue weighted by atomic mass is 10.3. The fourth-order valence-corrected chi connectivity index (χ4v) is 2.94. The molecule has 2 heterocycles. The highest BCUT2D eigenvalue weighted by atomic mass is 32.1. The number of hydrogen-bond acceptors (Lipinski definition) is 6. The number of nitrogens with zero attached hydrogens (tertiary/aromatic N) is 2. The van der Waals surface area contributed by atoms with E-state index in [2.05, 4.69) is 20.5 Å². The van der Waals surface area contributed by atoms with E-state index in [0.29, 0.717) is 17.2 Å². The van der Waals surface area contributed by atoms with Gasteiger partial charge in [0.2, 0.25) is 0 Å². The van der Waals surface area contributed by atoms with Crippen molar-refractivity contribution in [1.82, 2.24) is 15.6 Å². The molecule has 0 spiro atoms. The summed E-state index contributed by atoms with van der Waals surface area (Å²) in [6.45, 7) is 6.24. The molecule has 1 saturated heterocycles. The third kappa shape index (κ3) is 3.71. The van der Waals surface area contributed by atoms with Crippen molar-refractivity contribution in [1.29, 1.82) is 0 Å². The van der Waals surface area contributed by atoms with Crippen LogP contribution in [0.5, 0.6) is 0 Å². The molecule has 2 rings (SSSR count). The van der Waals surface area contributed by atoms with Gasteiger partial charge in [-0.25, -0.2) is 4.98 Å². The van der Waals surface area contributed by atoms with Gasteiger partial charge in [0, 0.05) is 32.7 Å². The second kappa shape index (κ2) is 7.25. The monoisotopic (exact) mass is 295 g/mol. The van der Waals surface area contributed by atoms with E-state index in [1.165, 1.54) is 11.3 Å². The Kier molecular flexibility index (Phi) is 5.37. The molecule has 1 aromatic rings. The standard InChI is InChI=1S/C13H21N5OS/c1-2-3-4-5-16-12(19)10-11(14)17-13(20-10)18-8-6-15-7-9-18/h2-3,15H,4-9,14H2,1H3,(H,16,19)/b3-2+. The minimum absolute atomic E-state index is 0.133. The predicted molar refractivity (Wildman–Crippen MR) is 83.4 cm³/mol. The summed E-state index contributed by atoms with van der Waals surface area (Å²) in [6.07, 6.45) is 4.81. The summed E-state index contributed by atoms with van der Waals surface area (Å²) in [5, 5.41) is 6.98. The third-order valence-corrected chi connectivity index (χ3v) is 4.20. The Balaban J connectivity index is 1.97. The molecule has 1 fully saturated rings. The number of aromatic nitrogens is 1. The molecule has 0 unspecified atom stereocenters. The number of rotatable bonds is 5. The SMILES string of the molecule is C/C=C/CCNC(=O)c1sc(N2CCNCC2)nc1N. The molecule has 110 valence electrons. The Hall–Kier alpha value is -1.60. The van der Waals surface area contributed by atoms with Gasteiger partial charge in [0.25, 0.3) is 5.91 Å². The molecule has 1 aromatic heterocycles. The van der Waals surface area contributed by atoms with E-state index in [1.807, 2.05) is 19.1 Å². The molecular weight excluding hydrogens is 274 g/mol. The van der Waals surface area contributed by atoms with Crippen molar-refractivity contribution in [3.63, 3.8) is 0 Å². The van der Waals surface area contributed by atoms with Crippen LogP contribution in [0.3, 0.4) is 0 Å². The van der Waals surface area contributed by atoms with Gasteiger partial charge in [-0.05, 0) is 13.3 Å². The minimum atomic E-state index is -0.133. The number of nitrogens with two attached hydrogens (primary N) is 1. The molecule has 0 saturated carbocycles. The van der Waals surface area contributed by atoms with Gasteiger partial charge in [-0.15, -0.1) is 0 Å². The maximum Gasteiger partial charge on any atom is 0.265 e. The average Bonchev–Trinajstić information content (AvgIpc) is 2.86. The molecule has 6 nitrogen and oxygen atoms in total. The minimum Gasteiger partial charge on any atom is -0.382 e. The smallest absolute Gasteiger partial charge is 0.265 e. The van der Waals surface area contributed by atoms with Crippen LogP contribution in [-0.4, -0.2) is 43.6 Å². The van der Waals surface area contributed by atoms with Gasteiger partial charge in [0.1, 0.15) is 10.7 Å². The summed E-state index contributed by atoms with van der Waals surface area (Å²) in [5.74, 6) is 0.193. The lowest BCUT2D eigenvalue weighted by Gasteiger charge is -2.26. The van der Waals surface area contributed by atoms with Crippen molar-refractivity contribution in [2.24, 2.45) is 0 Å². The first-order chi connectivity index (χ1) is 9.72. The van der Waals surface area contributed by atoms with Gasteiger partial charge in [-0.3, -0.25) is 4.79 Å². The quantitative estimate of drug-likeness (QED) is 0.553. The van der Waals surface area contributed by atoms with Crippen molar-refractivity contribution in [3.05, 3.63) is 17.0 Å². The topological polar surface area (TPSA) is 83.3 Å². The molecule has 1 amide bonds. The largest absolute Gasteiger partial charge is 0.382 e. The molecule has 1 aliphatic rings. The summed E-state index contributed by atoms with van der Waals surface area (Å²) < 4.78 is 0. The summed E-state index contributed by atoms with van der Waals surface area (Å²) >= 11 is 1.37. The normalized spacial score (nSPS) is 15.8. The molecule has 4 N–H and O–H groups in total. The number of amides is 1. The Labute approximate surface area is 123 Å². The first kappa shape index (κ1) is 14.8. The number of thiazole rings is 1. The highest BCUT2D eigenvalue weighted by molar-refractivity contribution is 7.18. The van der Waals surface area contributed by atoms with Crippen LogP contribution in [0.25, 0.3) is 0 Å². The lowest BCUT2D eigenvalue weighted by Crippen LogP contribution is -2.43. The van der Waals surface area contributed by atoms with Gasteiger partial charge < -0.3 is 21.3 Å². The number of allylic oxidation sites excluding steroid dienone is 1. The first-order valence-electron chi connectivity index (χ1n) is 6.83. The second-order valence-electron chi connectivity index (χ2n) is 4.56. The Morgan fingerprint density at radius 3 is 3.00 bits per heavy atom. The maximum atomic E-state index is 12.0. The van der Waals surface area contributed by atoms with E-state index in [1.54, 1.807) is 0 Å². The molecule has 0 radical (unpaired) electrons. The number of carbonyl (C=O) groups excluding carboxylic acids is 1. The van der Waals surface area contributed by atoms with Crippen LogP contribution in [-0.2, 0) is 0 Å². The van der Waals surface area contributed by atoms with E-state index in [9.17, 15) is 4.79 Å². The van der Waals surface area contributed by atoms with Gasteiger partial charge >= 0.3 is 0 Å². The molecule has 7 heteroatoms.